The van der Waals surface area contributed by atoms with Gasteiger partial charge in [-0.25, -0.2) is 14.4 Å². The van der Waals surface area contributed by atoms with Gasteiger partial charge in [-0.05, 0) is 18.2 Å². The Morgan fingerprint density at radius 1 is 1.41 bits per heavy atom. The molecular formula is C11H10FN3O2. The number of hydrogen-bond acceptors (Lipinski definition) is 4. The van der Waals surface area contributed by atoms with Crippen molar-refractivity contribution in [3.8, 4) is 0 Å². The molecule has 5 nitrogen and oxygen atoms in total. The quantitative estimate of drug-likeness (QED) is 0.838. The smallest absolute Gasteiger partial charge is 0.303 e. The lowest BCUT2D eigenvalue weighted by Crippen LogP contribution is -2.04. The number of halogens is 1. The molecule has 0 aliphatic rings. The van der Waals surface area contributed by atoms with Crippen molar-refractivity contribution in [3.05, 3.63) is 29.7 Å². The monoisotopic (exact) mass is 235 g/mol. The summed E-state index contributed by atoms with van der Waals surface area (Å²) in [4.78, 5) is 18.4. The first-order valence-electron chi connectivity index (χ1n) is 4.99. The number of fused-ring (bicyclic) bond motifs is 1. The van der Waals surface area contributed by atoms with Crippen molar-refractivity contribution >= 4 is 22.8 Å². The van der Waals surface area contributed by atoms with E-state index in [-0.39, 0.29) is 18.8 Å². The maximum atomic E-state index is 13.1. The fraction of sp³-hybridized carbons (Fsp3) is 0.182. The Morgan fingerprint density at radius 3 is 2.88 bits per heavy atom. The second kappa shape index (κ2) is 4.32. The molecule has 0 unspecified atom stereocenters. The van der Waals surface area contributed by atoms with Crippen molar-refractivity contribution in [2.24, 2.45) is 0 Å². The molecule has 0 saturated carbocycles. The second-order valence-corrected chi connectivity index (χ2v) is 3.58. The van der Waals surface area contributed by atoms with Gasteiger partial charge in [-0.1, -0.05) is 0 Å². The van der Waals surface area contributed by atoms with Gasteiger partial charge in [0.15, 0.2) is 0 Å². The van der Waals surface area contributed by atoms with Crippen LogP contribution in [-0.4, -0.2) is 21.0 Å². The first-order valence-corrected chi connectivity index (χ1v) is 4.99. The highest BCUT2D eigenvalue weighted by Crippen LogP contribution is 2.19. The Morgan fingerprint density at radius 2 is 2.18 bits per heavy atom. The summed E-state index contributed by atoms with van der Waals surface area (Å²) in [6.45, 7) is 0. The molecule has 2 aromatic rings. The fourth-order valence-corrected chi connectivity index (χ4v) is 1.60. The molecule has 1 aromatic carbocycles. The van der Waals surface area contributed by atoms with Gasteiger partial charge in [-0.3, -0.25) is 4.79 Å². The Bertz CT molecular complexity index is 586. The van der Waals surface area contributed by atoms with Crippen molar-refractivity contribution in [3.63, 3.8) is 0 Å². The van der Waals surface area contributed by atoms with Crippen LogP contribution in [0.25, 0.3) is 10.9 Å². The SMILES string of the molecule is Nc1nc(CCC(=O)O)c2cc(F)ccc2n1. The minimum atomic E-state index is -0.938. The largest absolute Gasteiger partial charge is 0.481 e. The zero-order valence-electron chi connectivity index (χ0n) is 8.85. The van der Waals surface area contributed by atoms with E-state index in [1.807, 2.05) is 0 Å². The summed E-state index contributed by atoms with van der Waals surface area (Å²) in [5.74, 6) is -1.29. The number of hydrogen-bond donors (Lipinski definition) is 2. The van der Waals surface area contributed by atoms with E-state index in [0.717, 1.165) is 0 Å². The average Bonchev–Trinajstić information content (AvgIpc) is 2.26. The van der Waals surface area contributed by atoms with E-state index >= 15 is 0 Å². The maximum Gasteiger partial charge on any atom is 0.303 e. The molecule has 3 N–H and O–H groups in total. The van der Waals surface area contributed by atoms with E-state index in [2.05, 4.69) is 9.97 Å². The third-order valence-electron chi connectivity index (χ3n) is 2.33. The highest BCUT2D eigenvalue weighted by Gasteiger charge is 2.09. The van der Waals surface area contributed by atoms with E-state index in [9.17, 15) is 9.18 Å². The summed E-state index contributed by atoms with van der Waals surface area (Å²) < 4.78 is 13.1. The maximum absolute atomic E-state index is 13.1. The van der Waals surface area contributed by atoms with Gasteiger partial charge < -0.3 is 10.8 Å². The van der Waals surface area contributed by atoms with Gasteiger partial charge >= 0.3 is 5.97 Å². The van der Waals surface area contributed by atoms with Crippen LogP contribution in [0, 0.1) is 5.82 Å². The van der Waals surface area contributed by atoms with Crippen LogP contribution < -0.4 is 5.73 Å². The predicted octanol–water partition coefficient (Wildman–Crippen LogP) is 1.37. The molecular weight excluding hydrogens is 225 g/mol. The summed E-state index contributed by atoms with van der Waals surface area (Å²) in [6.07, 6.45) is 0.115. The number of aryl methyl sites for hydroxylation is 1. The van der Waals surface area contributed by atoms with E-state index in [0.29, 0.717) is 16.6 Å². The molecule has 0 aliphatic carbocycles. The van der Waals surface area contributed by atoms with Crippen LogP contribution in [0.5, 0.6) is 0 Å². The third kappa shape index (κ3) is 2.47. The van der Waals surface area contributed by atoms with Crippen LogP contribution in [0.1, 0.15) is 12.1 Å². The molecule has 0 spiro atoms. The molecule has 1 aromatic heterocycles. The number of nitrogen functional groups attached to an aromatic ring is 1. The summed E-state index contributed by atoms with van der Waals surface area (Å²) in [6, 6.07) is 4.05. The molecule has 17 heavy (non-hydrogen) atoms. The number of aromatic nitrogens is 2. The van der Waals surface area contributed by atoms with Gasteiger partial charge in [0.05, 0.1) is 17.6 Å². The summed E-state index contributed by atoms with van der Waals surface area (Å²) in [5.41, 5.74) is 6.47. The molecule has 0 aliphatic heterocycles. The number of rotatable bonds is 3. The fourth-order valence-electron chi connectivity index (χ4n) is 1.60. The van der Waals surface area contributed by atoms with Crippen LogP contribution in [0.3, 0.4) is 0 Å². The van der Waals surface area contributed by atoms with Crippen LogP contribution in [0.4, 0.5) is 10.3 Å². The number of carbonyl (C=O) groups is 1. The number of benzene rings is 1. The van der Waals surface area contributed by atoms with Gasteiger partial charge in [0, 0.05) is 11.8 Å². The normalized spacial score (nSPS) is 10.6. The van der Waals surface area contributed by atoms with Gasteiger partial charge in [0.2, 0.25) is 5.95 Å². The Kier molecular flexibility index (Phi) is 2.86. The highest BCUT2D eigenvalue weighted by molar-refractivity contribution is 5.82. The first kappa shape index (κ1) is 11.3. The molecule has 2 rings (SSSR count). The summed E-state index contributed by atoms with van der Waals surface area (Å²) >= 11 is 0. The topological polar surface area (TPSA) is 89.1 Å². The van der Waals surface area contributed by atoms with E-state index in [1.165, 1.54) is 18.2 Å². The molecule has 0 amide bonds. The van der Waals surface area contributed by atoms with Crippen LogP contribution in [0.2, 0.25) is 0 Å². The number of carboxylic acid groups (broad SMARTS) is 1. The van der Waals surface area contributed by atoms with Gasteiger partial charge in [0.25, 0.3) is 0 Å². The zero-order chi connectivity index (χ0) is 12.4. The molecule has 1 heterocycles. The zero-order valence-corrected chi connectivity index (χ0v) is 8.85. The Balaban J connectivity index is 2.51. The lowest BCUT2D eigenvalue weighted by molar-refractivity contribution is -0.136. The van der Waals surface area contributed by atoms with Gasteiger partial charge in [-0.15, -0.1) is 0 Å². The van der Waals surface area contributed by atoms with Crippen molar-refractivity contribution in [1.29, 1.82) is 0 Å². The van der Waals surface area contributed by atoms with Crippen molar-refractivity contribution in [2.45, 2.75) is 12.8 Å². The van der Waals surface area contributed by atoms with Crippen LogP contribution >= 0.6 is 0 Å². The van der Waals surface area contributed by atoms with E-state index < -0.39 is 11.8 Å². The van der Waals surface area contributed by atoms with Gasteiger partial charge in [0.1, 0.15) is 5.82 Å². The minimum Gasteiger partial charge on any atom is -0.481 e. The van der Waals surface area contributed by atoms with Crippen LogP contribution in [0.15, 0.2) is 18.2 Å². The summed E-state index contributed by atoms with van der Waals surface area (Å²) in [5, 5.41) is 9.12. The number of carboxylic acids is 1. The summed E-state index contributed by atoms with van der Waals surface area (Å²) in [7, 11) is 0. The highest BCUT2D eigenvalue weighted by atomic mass is 19.1. The van der Waals surface area contributed by atoms with E-state index in [4.69, 9.17) is 10.8 Å². The molecule has 0 atom stereocenters. The third-order valence-corrected chi connectivity index (χ3v) is 2.33. The van der Waals surface area contributed by atoms with Crippen molar-refractivity contribution < 1.29 is 14.3 Å². The molecule has 0 radical (unpaired) electrons. The Labute approximate surface area is 96.1 Å². The molecule has 0 fully saturated rings. The van der Waals surface area contributed by atoms with E-state index in [1.54, 1.807) is 0 Å². The number of nitrogens with two attached hydrogens (primary N) is 1. The lowest BCUT2D eigenvalue weighted by atomic mass is 10.1. The number of nitrogens with zero attached hydrogens (tertiary/aromatic N) is 2. The second-order valence-electron chi connectivity index (χ2n) is 3.58. The Hall–Kier alpha value is -2.24. The average molecular weight is 235 g/mol. The van der Waals surface area contributed by atoms with Crippen LogP contribution in [-0.2, 0) is 11.2 Å². The molecule has 0 saturated heterocycles. The lowest BCUT2D eigenvalue weighted by Gasteiger charge is -2.05. The molecule has 6 heteroatoms. The minimum absolute atomic E-state index is 0.0597. The first-order chi connectivity index (χ1) is 8.06. The van der Waals surface area contributed by atoms with Crippen molar-refractivity contribution in [1.82, 2.24) is 9.97 Å². The number of aliphatic carboxylic acids is 1. The number of anilines is 1. The predicted molar refractivity (Wildman–Crippen MR) is 59.9 cm³/mol. The van der Waals surface area contributed by atoms with Crippen molar-refractivity contribution in [2.75, 3.05) is 5.73 Å². The molecule has 0 bridgehead atoms. The van der Waals surface area contributed by atoms with Gasteiger partial charge in [-0.2, -0.15) is 0 Å². The molecule has 88 valence electrons. The standard InChI is InChI=1S/C11H10FN3O2/c12-6-1-2-8-7(5-6)9(3-4-10(16)17)15-11(13)14-8/h1-2,5H,3-4H2,(H,16,17)(H2,13,14,15).